The number of aryl methyl sites for hydroxylation is 1. The highest BCUT2D eigenvalue weighted by Gasteiger charge is 2.22. The molecule has 1 aromatic rings. The predicted molar refractivity (Wildman–Crippen MR) is 153 cm³/mol. The molecular formula is C29H48N4S. The van der Waals surface area contributed by atoms with E-state index in [-0.39, 0.29) is 0 Å². The van der Waals surface area contributed by atoms with E-state index in [4.69, 9.17) is 0 Å². The van der Waals surface area contributed by atoms with Crippen LogP contribution in [0, 0.1) is 5.41 Å². The summed E-state index contributed by atoms with van der Waals surface area (Å²) in [4.78, 5) is 8.24. The summed E-state index contributed by atoms with van der Waals surface area (Å²) < 4.78 is 0. The Labute approximate surface area is 213 Å². The van der Waals surface area contributed by atoms with Gasteiger partial charge in [0, 0.05) is 48.1 Å². The molecule has 1 aromatic heterocycles. The van der Waals surface area contributed by atoms with Gasteiger partial charge in [-0.25, -0.2) is 0 Å². The fourth-order valence-corrected chi connectivity index (χ4v) is 5.17. The average Bonchev–Trinajstić information content (AvgIpc) is 3.24. The third-order valence-corrected chi connectivity index (χ3v) is 7.56. The summed E-state index contributed by atoms with van der Waals surface area (Å²) in [5.74, 6) is 0. The molecule has 0 aliphatic carbocycles. The second kappa shape index (κ2) is 13.8. The molecule has 0 radical (unpaired) electrons. The highest BCUT2D eigenvalue weighted by molar-refractivity contribution is 7.16. The zero-order valence-corrected chi connectivity index (χ0v) is 23.3. The number of nitrogens with zero attached hydrogens (tertiary/aromatic N) is 3. The quantitative estimate of drug-likeness (QED) is 0.222. The third kappa shape index (κ3) is 9.71. The van der Waals surface area contributed by atoms with Gasteiger partial charge in [0.05, 0.1) is 11.5 Å². The van der Waals surface area contributed by atoms with E-state index >= 15 is 0 Å². The van der Waals surface area contributed by atoms with E-state index in [9.17, 15) is 0 Å². The van der Waals surface area contributed by atoms with Crippen LogP contribution in [-0.4, -0.2) is 56.6 Å². The van der Waals surface area contributed by atoms with Gasteiger partial charge in [-0.3, -0.25) is 0 Å². The zero-order chi connectivity index (χ0) is 25.1. The molecule has 0 bridgehead atoms. The molecule has 0 aromatic carbocycles. The number of rotatable bonds is 15. The van der Waals surface area contributed by atoms with E-state index in [0.29, 0.717) is 5.41 Å². The summed E-state index contributed by atoms with van der Waals surface area (Å²) in [5, 5.41) is 4.89. The van der Waals surface area contributed by atoms with Crippen LogP contribution in [-0.2, 0) is 6.42 Å². The van der Waals surface area contributed by atoms with Gasteiger partial charge in [0.2, 0.25) is 0 Å². The van der Waals surface area contributed by atoms with Crippen molar-refractivity contribution in [3.63, 3.8) is 0 Å². The first-order valence-corrected chi connectivity index (χ1v) is 13.6. The molecule has 4 nitrogen and oxygen atoms in total. The lowest BCUT2D eigenvalue weighted by atomic mass is 9.87. The molecule has 1 saturated heterocycles. The van der Waals surface area contributed by atoms with E-state index in [1.54, 1.807) is 0 Å². The topological polar surface area (TPSA) is 21.8 Å². The maximum Gasteiger partial charge on any atom is 0.0954 e. The van der Waals surface area contributed by atoms with Crippen molar-refractivity contribution in [1.82, 2.24) is 15.1 Å². The second-order valence-corrected chi connectivity index (χ2v) is 11.8. The minimum atomic E-state index is 0.324. The monoisotopic (exact) mass is 484 g/mol. The van der Waals surface area contributed by atoms with Gasteiger partial charge >= 0.3 is 0 Å². The van der Waals surface area contributed by atoms with Crippen LogP contribution in [0.2, 0.25) is 0 Å². The summed E-state index contributed by atoms with van der Waals surface area (Å²) in [5.41, 5.74) is 3.68. The molecule has 0 spiro atoms. The van der Waals surface area contributed by atoms with E-state index < -0.39 is 0 Å². The second-order valence-electron chi connectivity index (χ2n) is 10.6. The summed E-state index contributed by atoms with van der Waals surface area (Å²) in [6.45, 7) is 24.5. The maximum atomic E-state index is 4.36. The van der Waals surface area contributed by atoms with Crippen molar-refractivity contribution >= 4 is 16.3 Å². The van der Waals surface area contributed by atoms with Gasteiger partial charge in [-0.05, 0) is 57.0 Å². The number of likely N-dealkylation sites (N-methyl/N-ethyl adjacent to an activating group) is 1. The number of hydrogen-bond donors (Lipinski definition) is 1. The molecule has 190 valence electrons. The first-order chi connectivity index (χ1) is 16.1. The Morgan fingerprint density at radius 3 is 2.65 bits per heavy atom. The molecular weight excluding hydrogens is 436 g/mol. The van der Waals surface area contributed by atoms with Crippen LogP contribution in [0.4, 0.5) is 5.00 Å². The lowest BCUT2D eigenvalue weighted by Crippen LogP contribution is -2.43. The van der Waals surface area contributed by atoms with Crippen molar-refractivity contribution in [3.05, 3.63) is 66.0 Å². The van der Waals surface area contributed by atoms with Gasteiger partial charge < -0.3 is 20.0 Å². The molecule has 0 unspecified atom stereocenters. The minimum absolute atomic E-state index is 0.324. The lowest BCUT2D eigenvalue weighted by Gasteiger charge is -2.38. The Morgan fingerprint density at radius 1 is 1.21 bits per heavy atom. The fourth-order valence-electron chi connectivity index (χ4n) is 4.09. The van der Waals surface area contributed by atoms with Gasteiger partial charge in [0.15, 0.2) is 0 Å². The normalized spacial score (nSPS) is 14.9. The number of allylic oxidation sites excluding steroid dienone is 2. The molecule has 1 aliphatic rings. The van der Waals surface area contributed by atoms with Gasteiger partial charge in [-0.1, -0.05) is 65.8 Å². The number of thiophene rings is 1. The van der Waals surface area contributed by atoms with Crippen LogP contribution in [0.15, 0.2) is 61.1 Å². The molecule has 1 fully saturated rings. The van der Waals surface area contributed by atoms with E-state index in [1.807, 2.05) is 11.3 Å². The minimum Gasteiger partial charge on any atom is -0.388 e. The van der Waals surface area contributed by atoms with Crippen molar-refractivity contribution in [3.8, 4) is 0 Å². The van der Waals surface area contributed by atoms with Crippen LogP contribution in [0.25, 0.3) is 0 Å². The maximum absolute atomic E-state index is 4.36. The van der Waals surface area contributed by atoms with Crippen LogP contribution < -0.4 is 10.2 Å². The van der Waals surface area contributed by atoms with E-state index in [0.717, 1.165) is 62.7 Å². The number of piperazine rings is 1. The van der Waals surface area contributed by atoms with Crippen molar-refractivity contribution in [1.29, 1.82) is 0 Å². The molecule has 34 heavy (non-hydrogen) atoms. The first kappa shape index (κ1) is 28.3. The van der Waals surface area contributed by atoms with Crippen molar-refractivity contribution in [2.24, 2.45) is 5.41 Å². The van der Waals surface area contributed by atoms with E-state index in [1.165, 1.54) is 35.6 Å². The highest BCUT2D eigenvalue weighted by Crippen LogP contribution is 2.32. The number of nitrogens with one attached hydrogen (secondary N) is 1. The molecule has 0 saturated carbocycles. The SMILES string of the molecule is C=C(CCc1ccc(N2CCN(C(=C)/C=C/CN(C)C)CC2=C)s1)NCC(C)(C)CCCCC. The Bertz CT molecular complexity index is 833. The Balaban J connectivity index is 1.78. The van der Waals surface area contributed by atoms with Crippen molar-refractivity contribution in [2.75, 3.05) is 51.7 Å². The molecule has 2 rings (SSSR count). The largest absolute Gasteiger partial charge is 0.388 e. The van der Waals surface area contributed by atoms with Crippen molar-refractivity contribution < 1.29 is 0 Å². The van der Waals surface area contributed by atoms with Crippen LogP contribution in [0.1, 0.15) is 57.8 Å². The molecule has 1 N–H and O–H groups in total. The van der Waals surface area contributed by atoms with Gasteiger partial charge in [-0.2, -0.15) is 0 Å². The molecule has 0 atom stereocenters. The fraction of sp³-hybridized carbons (Fsp3) is 0.586. The lowest BCUT2D eigenvalue weighted by molar-refractivity contribution is 0.311. The number of unbranched alkanes of at least 4 members (excludes halogenated alkanes) is 2. The Morgan fingerprint density at radius 2 is 1.97 bits per heavy atom. The first-order valence-electron chi connectivity index (χ1n) is 12.8. The number of hydrogen-bond acceptors (Lipinski definition) is 5. The Kier molecular flexibility index (Phi) is 11.5. The third-order valence-electron chi connectivity index (χ3n) is 6.40. The Hall–Kier alpha value is -1.98. The molecule has 1 aliphatic heterocycles. The summed E-state index contributed by atoms with van der Waals surface area (Å²) >= 11 is 1.88. The summed E-state index contributed by atoms with van der Waals surface area (Å²) in [6.07, 6.45) is 11.5. The van der Waals surface area contributed by atoms with Gasteiger partial charge in [0.1, 0.15) is 0 Å². The summed E-state index contributed by atoms with van der Waals surface area (Å²) in [6, 6.07) is 4.52. The molecule has 5 heteroatoms. The molecule has 0 amide bonds. The zero-order valence-electron chi connectivity index (χ0n) is 22.5. The highest BCUT2D eigenvalue weighted by atomic mass is 32.1. The predicted octanol–water partition coefficient (Wildman–Crippen LogP) is 6.66. The average molecular weight is 485 g/mol. The van der Waals surface area contributed by atoms with Crippen molar-refractivity contribution in [2.45, 2.75) is 59.3 Å². The standard InChI is InChI=1S/C29H48N4S/c1-9-10-11-18-29(5,6)23-30-24(2)14-15-27-16-17-28(34-27)33-21-20-32(22-26(33)4)25(3)13-12-19-31(7)8/h12-13,16-17,30H,2-4,9-11,14-15,18-23H2,1,5-8H3/b13-12+. The van der Waals surface area contributed by atoms with Crippen LogP contribution in [0.3, 0.4) is 0 Å². The van der Waals surface area contributed by atoms with Crippen LogP contribution >= 0.6 is 11.3 Å². The summed E-state index contributed by atoms with van der Waals surface area (Å²) in [7, 11) is 4.15. The van der Waals surface area contributed by atoms with Gasteiger partial charge in [0.25, 0.3) is 0 Å². The molecule has 2 heterocycles. The smallest absolute Gasteiger partial charge is 0.0954 e. The van der Waals surface area contributed by atoms with Gasteiger partial charge in [-0.15, -0.1) is 11.3 Å². The van der Waals surface area contributed by atoms with Crippen LogP contribution in [0.5, 0.6) is 0 Å². The number of anilines is 1. The van der Waals surface area contributed by atoms with E-state index in [2.05, 4.69) is 98.9 Å².